The van der Waals surface area contributed by atoms with Crippen LogP contribution in [0.5, 0.6) is 5.75 Å². The van der Waals surface area contributed by atoms with Crippen LogP contribution in [0.2, 0.25) is 0 Å². The monoisotopic (exact) mass is 588 g/mol. The number of hydrogen-bond donors (Lipinski definition) is 3. The Labute approximate surface area is 247 Å². The molecular weight excluding hydrogens is 556 g/mol. The van der Waals surface area contributed by atoms with Crippen molar-refractivity contribution < 1.29 is 33.8 Å². The quantitative estimate of drug-likeness (QED) is 0.183. The van der Waals surface area contributed by atoms with E-state index < -0.39 is 18.9 Å². The molecule has 0 fully saturated rings. The third-order valence-electron chi connectivity index (χ3n) is 6.51. The molecule has 0 atom stereocenters. The fraction of sp³-hybridized carbons (Fsp3) is 0.267. The van der Waals surface area contributed by atoms with E-state index in [9.17, 15) is 24.3 Å². The average molecular weight is 589 g/mol. The van der Waals surface area contributed by atoms with Gasteiger partial charge >= 0.3 is 12.1 Å². The van der Waals surface area contributed by atoms with Crippen LogP contribution in [-0.4, -0.2) is 63.5 Å². The van der Waals surface area contributed by atoms with Crippen LogP contribution in [0.25, 0.3) is 5.52 Å². The molecule has 2 aromatic carbocycles. The Morgan fingerprint density at radius 3 is 2.37 bits per heavy atom. The zero-order valence-electron chi connectivity index (χ0n) is 24.2. The first-order chi connectivity index (χ1) is 20.7. The standard InChI is InChI=1S/C30H32N6O7/c1-5-13-32-28(39)23-15-35-25(19(23)4)26(33-16-34-35)36(24-14-21(8-7-18(24)3)27(38)31-6-2)30(41)43-17-42-29(40)20-9-11-22(37)12-10-20/h7-12,14-16,37H,5-6,13,17H2,1-4H3,(H,31,38)(H,32,39). The number of aromatic nitrogens is 3. The third kappa shape index (κ3) is 6.72. The van der Waals surface area contributed by atoms with Gasteiger partial charge < -0.3 is 25.2 Å². The highest BCUT2D eigenvalue weighted by Crippen LogP contribution is 2.34. The van der Waals surface area contributed by atoms with Crippen molar-refractivity contribution in [1.82, 2.24) is 25.2 Å². The summed E-state index contributed by atoms with van der Waals surface area (Å²) in [6, 6.07) is 10.2. The van der Waals surface area contributed by atoms with Gasteiger partial charge in [-0.2, -0.15) is 5.10 Å². The van der Waals surface area contributed by atoms with E-state index in [1.165, 1.54) is 41.2 Å². The molecule has 0 aliphatic rings. The van der Waals surface area contributed by atoms with Crippen LogP contribution >= 0.6 is 0 Å². The van der Waals surface area contributed by atoms with E-state index in [2.05, 4.69) is 20.7 Å². The second kappa shape index (κ2) is 13.5. The van der Waals surface area contributed by atoms with Crippen molar-refractivity contribution in [2.75, 3.05) is 24.8 Å². The first-order valence-electron chi connectivity index (χ1n) is 13.6. The number of carbonyl (C=O) groups is 4. The van der Waals surface area contributed by atoms with Crippen molar-refractivity contribution in [3.8, 4) is 5.75 Å². The molecule has 4 rings (SSSR count). The van der Waals surface area contributed by atoms with E-state index in [1.54, 1.807) is 39.1 Å². The molecule has 0 radical (unpaired) electrons. The number of rotatable bonds is 10. The third-order valence-corrected chi connectivity index (χ3v) is 6.51. The Morgan fingerprint density at radius 2 is 1.67 bits per heavy atom. The molecule has 0 spiro atoms. The SMILES string of the molecule is CCCNC(=O)c1cn2ncnc(N(C(=O)OCOC(=O)c3ccc(O)cc3)c3cc(C(=O)NCC)ccc3C)c2c1C. The van der Waals surface area contributed by atoms with E-state index in [0.29, 0.717) is 35.3 Å². The summed E-state index contributed by atoms with van der Waals surface area (Å²) < 4.78 is 11.9. The van der Waals surface area contributed by atoms with Crippen molar-refractivity contribution in [3.63, 3.8) is 0 Å². The molecule has 224 valence electrons. The van der Waals surface area contributed by atoms with E-state index in [4.69, 9.17) is 9.47 Å². The number of phenolic OH excluding ortho intramolecular Hbond substituents is 1. The highest BCUT2D eigenvalue weighted by atomic mass is 16.7. The van der Waals surface area contributed by atoms with Crippen molar-refractivity contribution >= 4 is 40.9 Å². The molecule has 3 N–H and O–H groups in total. The molecule has 0 saturated heterocycles. The van der Waals surface area contributed by atoms with E-state index in [-0.39, 0.29) is 40.2 Å². The topological polar surface area (TPSA) is 164 Å². The van der Waals surface area contributed by atoms with Crippen LogP contribution < -0.4 is 15.5 Å². The fourth-order valence-corrected chi connectivity index (χ4v) is 4.30. The van der Waals surface area contributed by atoms with Crippen LogP contribution in [0.1, 0.15) is 62.5 Å². The molecular formula is C30H32N6O7. The number of nitrogens with one attached hydrogen (secondary N) is 2. The highest BCUT2D eigenvalue weighted by Gasteiger charge is 2.29. The Hall–Kier alpha value is -5.46. The molecule has 2 aromatic heterocycles. The molecule has 0 saturated carbocycles. The van der Waals surface area contributed by atoms with Crippen molar-refractivity contribution in [3.05, 3.63) is 82.8 Å². The summed E-state index contributed by atoms with van der Waals surface area (Å²) in [6.07, 6.45) is 2.56. The van der Waals surface area contributed by atoms with Crippen molar-refractivity contribution in [1.29, 1.82) is 0 Å². The summed E-state index contributed by atoms with van der Waals surface area (Å²) in [4.78, 5) is 57.2. The van der Waals surface area contributed by atoms with Crippen LogP contribution in [0.4, 0.5) is 16.3 Å². The average Bonchev–Trinajstić information content (AvgIpc) is 3.34. The predicted octanol–water partition coefficient (Wildman–Crippen LogP) is 4.03. The number of benzene rings is 2. The van der Waals surface area contributed by atoms with Gasteiger partial charge in [-0.15, -0.1) is 0 Å². The number of nitrogens with zero attached hydrogens (tertiary/aromatic N) is 4. The maximum Gasteiger partial charge on any atom is 0.423 e. The highest BCUT2D eigenvalue weighted by molar-refractivity contribution is 6.05. The van der Waals surface area contributed by atoms with Gasteiger partial charge in [-0.25, -0.2) is 24.0 Å². The summed E-state index contributed by atoms with van der Waals surface area (Å²) >= 11 is 0. The number of esters is 1. The summed E-state index contributed by atoms with van der Waals surface area (Å²) in [5, 5.41) is 19.3. The molecule has 2 heterocycles. The normalized spacial score (nSPS) is 10.7. The van der Waals surface area contributed by atoms with E-state index >= 15 is 0 Å². The van der Waals surface area contributed by atoms with Crippen LogP contribution in [-0.2, 0) is 9.47 Å². The van der Waals surface area contributed by atoms with Crippen molar-refractivity contribution in [2.45, 2.75) is 34.1 Å². The second-order valence-corrected chi connectivity index (χ2v) is 9.50. The maximum atomic E-state index is 13.7. The molecule has 43 heavy (non-hydrogen) atoms. The Kier molecular flexibility index (Phi) is 9.55. The lowest BCUT2D eigenvalue weighted by Gasteiger charge is -2.24. The number of hydrogen-bond acceptors (Lipinski definition) is 9. The van der Waals surface area contributed by atoms with Crippen molar-refractivity contribution in [2.24, 2.45) is 0 Å². The largest absolute Gasteiger partial charge is 0.508 e. The minimum Gasteiger partial charge on any atom is -0.508 e. The first kappa shape index (κ1) is 30.5. The van der Waals surface area contributed by atoms with Gasteiger partial charge in [0.1, 0.15) is 17.6 Å². The number of fused-ring (bicyclic) bond motifs is 1. The smallest absolute Gasteiger partial charge is 0.423 e. The molecule has 0 aliphatic heterocycles. The number of carbonyl (C=O) groups excluding carboxylic acids is 4. The molecule has 13 nitrogen and oxygen atoms in total. The number of phenols is 1. The van der Waals surface area contributed by atoms with Crippen LogP contribution in [0.3, 0.4) is 0 Å². The zero-order chi connectivity index (χ0) is 31.1. The number of anilines is 2. The Bertz CT molecular complexity index is 1670. The van der Waals surface area contributed by atoms with Gasteiger partial charge in [0.05, 0.1) is 16.8 Å². The van der Waals surface area contributed by atoms with Gasteiger partial charge in [0, 0.05) is 24.8 Å². The van der Waals surface area contributed by atoms with Gasteiger partial charge in [0.15, 0.2) is 5.82 Å². The zero-order valence-corrected chi connectivity index (χ0v) is 24.2. The lowest BCUT2D eigenvalue weighted by atomic mass is 10.1. The predicted molar refractivity (Wildman–Crippen MR) is 157 cm³/mol. The maximum absolute atomic E-state index is 13.7. The number of aromatic hydroxyl groups is 1. The fourth-order valence-electron chi connectivity index (χ4n) is 4.30. The second-order valence-electron chi connectivity index (χ2n) is 9.50. The van der Waals surface area contributed by atoms with Gasteiger partial charge in [-0.1, -0.05) is 13.0 Å². The van der Waals surface area contributed by atoms with E-state index in [1.807, 2.05) is 6.92 Å². The molecule has 0 unspecified atom stereocenters. The van der Waals surface area contributed by atoms with Gasteiger partial charge in [0.25, 0.3) is 11.8 Å². The Balaban J connectivity index is 1.75. The lowest BCUT2D eigenvalue weighted by Crippen LogP contribution is -2.31. The van der Waals surface area contributed by atoms with Gasteiger partial charge in [-0.05, 0) is 74.7 Å². The number of amides is 3. The summed E-state index contributed by atoms with van der Waals surface area (Å²) in [5.41, 5.74) is 2.52. The van der Waals surface area contributed by atoms with E-state index in [0.717, 1.165) is 11.3 Å². The van der Waals surface area contributed by atoms with Crippen LogP contribution in [0.15, 0.2) is 55.0 Å². The number of ether oxygens (including phenoxy) is 2. The molecule has 3 amide bonds. The Morgan fingerprint density at radius 1 is 0.953 bits per heavy atom. The molecule has 0 aliphatic carbocycles. The van der Waals surface area contributed by atoms with Gasteiger partial charge in [0.2, 0.25) is 6.79 Å². The number of aryl methyl sites for hydroxylation is 2. The minimum absolute atomic E-state index is 0.0216. The van der Waals surface area contributed by atoms with Crippen LogP contribution in [0, 0.1) is 13.8 Å². The van der Waals surface area contributed by atoms with Gasteiger partial charge in [-0.3, -0.25) is 9.59 Å². The summed E-state index contributed by atoms with van der Waals surface area (Å²) in [7, 11) is 0. The molecule has 13 heteroatoms. The first-order valence-corrected chi connectivity index (χ1v) is 13.6. The summed E-state index contributed by atoms with van der Waals surface area (Å²) in [5.74, 6) is -1.37. The lowest BCUT2D eigenvalue weighted by molar-refractivity contribution is -0.0000733. The summed E-state index contributed by atoms with van der Waals surface area (Å²) in [6.45, 7) is 7.33. The molecule has 0 bridgehead atoms. The minimum atomic E-state index is -0.965. The molecule has 4 aromatic rings.